The molecule has 0 saturated heterocycles. The molecular formula is C11H22N2O. The van der Waals surface area contributed by atoms with Gasteiger partial charge in [0, 0.05) is 12.6 Å². The average Bonchev–Trinajstić information content (AvgIpc) is 2.11. The quantitative estimate of drug-likeness (QED) is 0.675. The topological polar surface area (TPSA) is 41.1 Å². The summed E-state index contributed by atoms with van der Waals surface area (Å²) in [4.78, 5) is 11.3. The van der Waals surface area contributed by atoms with Gasteiger partial charge in [0.15, 0.2) is 0 Å². The summed E-state index contributed by atoms with van der Waals surface area (Å²) in [5.41, 5.74) is 0. The molecule has 1 amide bonds. The monoisotopic (exact) mass is 198 g/mol. The van der Waals surface area contributed by atoms with E-state index in [2.05, 4.69) is 24.5 Å². The molecule has 1 aliphatic rings. The first-order valence-corrected chi connectivity index (χ1v) is 5.72. The predicted molar refractivity (Wildman–Crippen MR) is 58.1 cm³/mol. The summed E-state index contributed by atoms with van der Waals surface area (Å²) in [6.07, 6.45) is 4.99. The van der Waals surface area contributed by atoms with E-state index in [0.29, 0.717) is 12.6 Å². The maximum Gasteiger partial charge on any atom is 0.233 e. The minimum absolute atomic E-state index is 0.136. The zero-order valence-electron chi connectivity index (χ0n) is 9.31. The van der Waals surface area contributed by atoms with E-state index in [-0.39, 0.29) is 5.91 Å². The van der Waals surface area contributed by atoms with Gasteiger partial charge in [-0.1, -0.05) is 13.3 Å². The third-order valence-corrected chi connectivity index (χ3v) is 3.04. The zero-order valence-corrected chi connectivity index (χ0v) is 9.31. The lowest BCUT2D eigenvalue weighted by atomic mass is 9.85. The first kappa shape index (κ1) is 11.5. The molecule has 3 heteroatoms. The molecule has 1 aliphatic carbocycles. The van der Waals surface area contributed by atoms with Gasteiger partial charge in [-0.3, -0.25) is 4.79 Å². The van der Waals surface area contributed by atoms with Crippen molar-refractivity contribution >= 4 is 5.91 Å². The van der Waals surface area contributed by atoms with Crippen LogP contribution in [0.5, 0.6) is 0 Å². The highest BCUT2D eigenvalue weighted by molar-refractivity contribution is 5.77. The number of hydrogen-bond acceptors (Lipinski definition) is 2. The van der Waals surface area contributed by atoms with Crippen LogP contribution in [-0.4, -0.2) is 25.0 Å². The summed E-state index contributed by atoms with van der Waals surface area (Å²) in [5.74, 6) is 0.889. The largest absolute Gasteiger partial charge is 0.355 e. The number of hydrogen-bond donors (Lipinski definition) is 2. The molecule has 0 aliphatic heterocycles. The second kappa shape index (κ2) is 6.02. The van der Waals surface area contributed by atoms with E-state index in [1.807, 2.05) is 0 Å². The van der Waals surface area contributed by atoms with Gasteiger partial charge in [-0.15, -0.1) is 0 Å². The summed E-state index contributed by atoms with van der Waals surface area (Å²) in [6.45, 7) is 5.55. The number of carbonyl (C=O) groups is 1. The van der Waals surface area contributed by atoms with Gasteiger partial charge < -0.3 is 10.6 Å². The highest BCUT2D eigenvalue weighted by Gasteiger charge is 2.17. The van der Waals surface area contributed by atoms with Crippen LogP contribution in [0.4, 0.5) is 0 Å². The fourth-order valence-corrected chi connectivity index (χ4v) is 1.43. The summed E-state index contributed by atoms with van der Waals surface area (Å²) in [6, 6.07) is 0.435. The Kier molecular flexibility index (Phi) is 4.94. The van der Waals surface area contributed by atoms with Crippen molar-refractivity contribution in [2.24, 2.45) is 5.92 Å². The molecule has 1 saturated carbocycles. The van der Waals surface area contributed by atoms with Gasteiger partial charge in [0.05, 0.1) is 6.54 Å². The molecule has 0 aromatic heterocycles. The Morgan fingerprint density at radius 2 is 2.21 bits per heavy atom. The Bertz CT molecular complexity index is 167. The lowest BCUT2D eigenvalue weighted by molar-refractivity contribution is -0.120. The van der Waals surface area contributed by atoms with Crippen LogP contribution >= 0.6 is 0 Å². The van der Waals surface area contributed by atoms with Crippen molar-refractivity contribution in [1.82, 2.24) is 10.6 Å². The summed E-state index contributed by atoms with van der Waals surface area (Å²) in [7, 11) is 0. The van der Waals surface area contributed by atoms with Crippen LogP contribution in [0, 0.1) is 5.92 Å². The van der Waals surface area contributed by atoms with Gasteiger partial charge in [-0.05, 0) is 32.1 Å². The SMILES string of the molecule is CCC(C)NCC(=O)NCC1CCC1. The fraction of sp³-hybridized carbons (Fsp3) is 0.909. The smallest absolute Gasteiger partial charge is 0.233 e. The fourth-order valence-electron chi connectivity index (χ4n) is 1.43. The molecular weight excluding hydrogens is 176 g/mol. The van der Waals surface area contributed by atoms with E-state index >= 15 is 0 Å². The molecule has 0 aromatic carbocycles. The molecule has 0 radical (unpaired) electrons. The highest BCUT2D eigenvalue weighted by atomic mass is 16.1. The van der Waals surface area contributed by atoms with Gasteiger partial charge in [0.25, 0.3) is 0 Å². The molecule has 1 unspecified atom stereocenters. The number of nitrogens with one attached hydrogen (secondary N) is 2. The van der Waals surface area contributed by atoms with E-state index in [1.165, 1.54) is 19.3 Å². The van der Waals surface area contributed by atoms with Crippen molar-refractivity contribution in [3.05, 3.63) is 0 Å². The van der Waals surface area contributed by atoms with Crippen LogP contribution in [0.2, 0.25) is 0 Å². The minimum Gasteiger partial charge on any atom is -0.355 e. The van der Waals surface area contributed by atoms with E-state index in [4.69, 9.17) is 0 Å². The van der Waals surface area contributed by atoms with Crippen LogP contribution in [0.3, 0.4) is 0 Å². The van der Waals surface area contributed by atoms with Crippen LogP contribution < -0.4 is 10.6 Å². The van der Waals surface area contributed by atoms with E-state index in [1.54, 1.807) is 0 Å². The molecule has 1 atom stereocenters. The number of amides is 1. The Morgan fingerprint density at radius 1 is 1.50 bits per heavy atom. The van der Waals surface area contributed by atoms with Crippen molar-refractivity contribution in [2.45, 2.75) is 45.6 Å². The van der Waals surface area contributed by atoms with Crippen LogP contribution in [0.1, 0.15) is 39.5 Å². The average molecular weight is 198 g/mol. The molecule has 14 heavy (non-hydrogen) atoms. The van der Waals surface area contributed by atoms with Gasteiger partial charge in [-0.25, -0.2) is 0 Å². The summed E-state index contributed by atoms with van der Waals surface area (Å²) >= 11 is 0. The van der Waals surface area contributed by atoms with Crippen molar-refractivity contribution in [1.29, 1.82) is 0 Å². The number of carbonyl (C=O) groups excluding carboxylic acids is 1. The van der Waals surface area contributed by atoms with E-state index in [0.717, 1.165) is 18.9 Å². The second-order valence-electron chi connectivity index (χ2n) is 4.29. The molecule has 1 fully saturated rings. The Balaban J connectivity index is 1.97. The summed E-state index contributed by atoms with van der Waals surface area (Å²) < 4.78 is 0. The molecule has 0 heterocycles. The molecule has 3 nitrogen and oxygen atoms in total. The zero-order chi connectivity index (χ0) is 10.4. The van der Waals surface area contributed by atoms with Crippen molar-refractivity contribution < 1.29 is 4.79 Å². The Labute approximate surface area is 86.6 Å². The van der Waals surface area contributed by atoms with Crippen molar-refractivity contribution in [3.63, 3.8) is 0 Å². The summed E-state index contributed by atoms with van der Waals surface area (Å²) in [5, 5.41) is 6.14. The maximum atomic E-state index is 11.3. The van der Waals surface area contributed by atoms with Crippen molar-refractivity contribution in [2.75, 3.05) is 13.1 Å². The third kappa shape index (κ3) is 4.09. The molecule has 0 aromatic rings. The van der Waals surface area contributed by atoms with Gasteiger partial charge in [0.2, 0.25) is 5.91 Å². The number of rotatable bonds is 6. The van der Waals surface area contributed by atoms with Gasteiger partial charge in [-0.2, -0.15) is 0 Å². The molecule has 0 bridgehead atoms. The van der Waals surface area contributed by atoms with Gasteiger partial charge in [0.1, 0.15) is 0 Å². The first-order valence-electron chi connectivity index (χ1n) is 5.72. The van der Waals surface area contributed by atoms with Crippen LogP contribution in [0.25, 0.3) is 0 Å². The Morgan fingerprint density at radius 3 is 2.71 bits per heavy atom. The van der Waals surface area contributed by atoms with Crippen LogP contribution in [0.15, 0.2) is 0 Å². The van der Waals surface area contributed by atoms with E-state index in [9.17, 15) is 4.79 Å². The van der Waals surface area contributed by atoms with Gasteiger partial charge >= 0.3 is 0 Å². The normalized spacial score (nSPS) is 18.7. The van der Waals surface area contributed by atoms with E-state index < -0.39 is 0 Å². The molecule has 2 N–H and O–H groups in total. The lowest BCUT2D eigenvalue weighted by Crippen LogP contribution is -2.40. The first-order chi connectivity index (χ1) is 6.72. The standard InChI is InChI=1S/C11H22N2O/c1-3-9(2)12-8-11(14)13-7-10-5-4-6-10/h9-10,12H,3-8H2,1-2H3,(H,13,14). The molecule has 82 valence electrons. The van der Waals surface area contributed by atoms with Crippen molar-refractivity contribution in [3.8, 4) is 0 Å². The maximum absolute atomic E-state index is 11.3. The predicted octanol–water partition coefficient (Wildman–Crippen LogP) is 1.29. The minimum atomic E-state index is 0.136. The third-order valence-electron chi connectivity index (χ3n) is 3.04. The van der Waals surface area contributed by atoms with Crippen LogP contribution in [-0.2, 0) is 4.79 Å². The second-order valence-corrected chi connectivity index (χ2v) is 4.29. The highest BCUT2D eigenvalue weighted by Crippen LogP contribution is 2.24. The Hall–Kier alpha value is -0.570. The lowest BCUT2D eigenvalue weighted by Gasteiger charge is -2.25. The molecule has 0 spiro atoms. The molecule has 1 rings (SSSR count).